The van der Waals surface area contributed by atoms with Gasteiger partial charge in [0.1, 0.15) is 11.9 Å². The van der Waals surface area contributed by atoms with Gasteiger partial charge >= 0.3 is 6.18 Å². The van der Waals surface area contributed by atoms with Crippen molar-refractivity contribution in [2.75, 3.05) is 6.54 Å². The Morgan fingerprint density at radius 2 is 2.05 bits per heavy atom. The summed E-state index contributed by atoms with van der Waals surface area (Å²) in [6, 6.07) is 3.25. The highest BCUT2D eigenvalue weighted by molar-refractivity contribution is 5.94. The highest BCUT2D eigenvalue weighted by Gasteiger charge is 2.41. The van der Waals surface area contributed by atoms with Gasteiger partial charge in [0, 0.05) is 18.2 Å². The van der Waals surface area contributed by atoms with Gasteiger partial charge in [0.15, 0.2) is 0 Å². The third kappa shape index (κ3) is 3.69. The average molecular weight is 290 g/mol. The largest absolute Gasteiger partial charge is 0.403 e. The first kappa shape index (κ1) is 14.8. The summed E-state index contributed by atoms with van der Waals surface area (Å²) >= 11 is 0. The molecular weight excluding hydrogens is 276 g/mol. The molecule has 1 saturated heterocycles. The molecule has 1 aliphatic rings. The van der Waals surface area contributed by atoms with Gasteiger partial charge in [0.2, 0.25) is 0 Å². The number of carbonyl (C=O) groups excluding carboxylic acids is 1. The first-order valence-corrected chi connectivity index (χ1v) is 6.23. The molecule has 0 bridgehead atoms. The van der Waals surface area contributed by atoms with Gasteiger partial charge in [0.25, 0.3) is 5.91 Å². The number of rotatable bonds is 2. The Labute approximate surface area is 113 Å². The van der Waals surface area contributed by atoms with E-state index in [0.29, 0.717) is 0 Å². The zero-order valence-corrected chi connectivity index (χ0v) is 10.5. The van der Waals surface area contributed by atoms with Crippen LogP contribution >= 0.6 is 0 Å². The van der Waals surface area contributed by atoms with Gasteiger partial charge in [-0.15, -0.1) is 0 Å². The van der Waals surface area contributed by atoms with Crippen molar-refractivity contribution in [3.63, 3.8) is 0 Å². The summed E-state index contributed by atoms with van der Waals surface area (Å²) in [6.07, 6.45) is -4.12. The van der Waals surface area contributed by atoms with Crippen LogP contribution in [-0.4, -0.2) is 30.7 Å². The van der Waals surface area contributed by atoms with Crippen molar-refractivity contribution in [1.82, 2.24) is 10.6 Å². The number of piperidine rings is 1. The van der Waals surface area contributed by atoms with Gasteiger partial charge in [-0.1, -0.05) is 6.07 Å². The molecule has 2 N–H and O–H groups in total. The molecule has 1 fully saturated rings. The van der Waals surface area contributed by atoms with E-state index in [-0.39, 0.29) is 31.0 Å². The molecule has 110 valence electrons. The molecule has 20 heavy (non-hydrogen) atoms. The van der Waals surface area contributed by atoms with E-state index in [1.807, 2.05) is 0 Å². The number of hydrogen-bond acceptors (Lipinski definition) is 2. The van der Waals surface area contributed by atoms with Crippen LogP contribution in [0.5, 0.6) is 0 Å². The summed E-state index contributed by atoms with van der Waals surface area (Å²) in [4.78, 5) is 11.8. The van der Waals surface area contributed by atoms with Crippen molar-refractivity contribution in [3.05, 3.63) is 35.6 Å². The Morgan fingerprint density at radius 1 is 1.30 bits per heavy atom. The normalized spacial score (nSPS) is 23.4. The molecule has 0 saturated carbocycles. The Hall–Kier alpha value is -1.63. The first-order valence-electron chi connectivity index (χ1n) is 6.23. The number of amides is 1. The second-order valence-electron chi connectivity index (χ2n) is 4.76. The summed E-state index contributed by atoms with van der Waals surface area (Å²) in [5.41, 5.74) is 0.156. The SMILES string of the molecule is O=C(NC1CCC(C(F)(F)F)NC1)c1cccc(F)c1. The fourth-order valence-electron chi connectivity index (χ4n) is 2.16. The van der Waals surface area contributed by atoms with E-state index in [1.54, 1.807) is 0 Å². The molecule has 1 aromatic rings. The van der Waals surface area contributed by atoms with E-state index >= 15 is 0 Å². The highest BCUT2D eigenvalue weighted by atomic mass is 19.4. The maximum atomic E-state index is 13.0. The fraction of sp³-hybridized carbons (Fsp3) is 0.462. The van der Waals surface area contributed by atoms with Gasteiger partial charge in [-0.2, -0.15) is 13.2 Å². The van der Waals surface area contributed by atoms with Crippen LogP contribution < -0.4 is 10.6 Å². The molecule has 2 rings (SSSR count). The van der Waals surface area contributed by atoms with E-state index in [0.717, 1.165) is 6.07 Å². The molecule has 0 radical (unpaired) electrons. The fourth-order valence-corrected chi connectivity index (χ4v) is 2.16. The third-order valence-corrected chi connectivity index (χ3v) is 3.23. The van der Waals surface area contributed by atoms with Crippen molar-refractivity contribution in [1.29, 1.82) is 0 Å². The van der Waals surface area contributed by atoms with Crippen LogP contribution in [0, 0.1) is 5.82 Å². The Morgan fingerprint density at radius 3 is 2.60 bits per heavy atom. The monoisotopic (exact) mass is 290 g/mol. The topological polar surface area (TPSA) is 41.1 Å². The van der Waals surface area contributed by atoms with E-state index in [2.05, 4.69) is 10.6 Å². The van der Waals surface area contributed by atoms with E-state index in [9.17, 15) is 22.4 Å². The van der Waals surface area contributed by atoms with Crippen molar-refractivity contribution in [2.24, 2.45) is 0 Å². The van der Waals surface area contributed by atoms with Gasteiger partial charge in [-0.3, -0.25) is 4.79 Å². The lowest BCUT2D eigenvalue weighted by Crippen LogP contribution is -2.54. The summed E-state index contributed by atoms with van der Waals surface area (Å²) in [6.45, 7) is 0.0469. The predicted molar refractivity (Wildman–Crippen MR) is 64.7 cm³/mol. The second kappa shape index (κ2) is 5.78. The van der Waals surface area contributed by atoms with Crippen molar-refractivity contribution in [2.45, 2.75) is 31.1 Å². The van der Waals surface area contributed by atoms with Crippen LogP contribution in [0.4, 0.5) is 17.6 Å². The molecule has 7 heteroatoms. The number of benzene rings is 1. The summed E-state index contributed by atoms with van der Waals surface area (Å²) in [5, 5.41) is 4.96. The number of alkyl halides is 3. The number of halogens is 4. The second-order valence-corrected chi connectivity index (χ2v) is 4.76. The minimum absolute atomic E-state index is 0.0469. The smallest absolute Gasteiger partial charge is 0.348 e. The summed E-state index contributed by atoms with van der Waals surface area (Å²) in [7, 11) is 0. The Bertz CT molecular complexity index is 482. The molecule has 0 spiro atoms. The molecular formula is C13H14F4N2O. The van der Waals surface area contributed by atoms with Crippen molar-refractivity contribution < 1.29 is 22.4 Å². The van der Waals surface area contributed by atoms with Crippen molar-refractivity contribution in [3.8, 4) is 0 Å². The van der Waals surface area contributed by atoms with Gasteiger partial charge in [-0.05, 0) is 31.0 Å². The molecule has 0 aromatic heterocycles. The molecule has 1 aliphatic heterocycles. The molecule has 0 aliphatic carbocycles. The maximum Gasteiger partial charge on any atom is 0.403 e. The third-order valence-electron chi connectivity index (χ3n) is 3.23. The van der Waals surface area contributed by atoms with E-state index in [4.69, 9.17) is 0 Å². The number of nitrogens with one attached hydrogen (secondary N) is 2. The predicted octanol–water partition coefficient (Wildman–Crippen LogP) is 2.24. The Kier molecular flexibility index (Phi) is 4.27. The van der Waals surface area contributed by atoms with Crippen LogP contribution in [0.2, 0.25) is 0 Å². The lowest BCUT2D eigenvalue weighted by atomic mass is 10.00. The Balaban J connectivity index is 1.88. The molecule has 1 aromatic carbocycles. The maximum absolute atomic E-state index is 13.0. The van der Waals surface area contributed by atoms with Gasteiger partial charge in [0.05, 0.1) is 0 Å². The van der Waals surface area contributed by atoms with Crippen molar-refractivity contribution >= 4 is 5.91 Å². The lowest BCUT2D eigenvalue weighted by Gasteiger charge is -2.31. The minimum Gasteiger partial charge on any atom is -0.348 e. The zero-order valence-electron chi connectivity index (χ0n) is 10.5. The van der Waals surface area contributed by atoms with E-state index in [1.165, 1.54) is 18.2 Å². The molecule has 2 atom stereocenters. The van der Waals surface area contributed by atoms with Crippen LogP contribution in [0.25, 0.3) is 0 Å². The van der Waals surface area contributed by atoms with E-state index < -0.39 is 23.9 Å². The summed E-state index contributed by atoms with van der Waals surface area (Å²) in [5.74, 6) is -1.02. The standard InChI is InChI=1S/C13H14F4N2O/c14-9-3-1-2-8(6-9)12(20)19-10-4-5-11(18-7-10)13(15,16)17/h1-3,6,10-11,18H,4-5,7H2,(H,19,20). The van der Waals surface area contributed by atoms with Crippen LogP contribution in [-0.2, 0) is 0 Å². The quantitative estimate of drug-likeness (QED) is 0.820. The summed E-state index contributed by atoms with van der Waals surface area (Å²) < 4.78 is 50.3. The average Bonchev–Trinajstić information content (AvgIpc) is 2.38. The zero-order chi connectivity index (χ0) is 14.8. The van der Waals surface area contributed by atoms with Gasteiger partial charge < -0.3 is 10.6 Å². The minimum atomic E-state index is -4.27. The highest BCUT2D eigenvalue weighted by Crippen LogP contribution is 2.26. The lowest BCUT2D eigenvalue weighted by molar-refractivity contribution is -0.160. The molecule has 3 nitrogen and oxygen atoms in total. The molecule has 1 amide bonds. The van der Waals surface area contributed by atoms with Crippen LogP contribution in [0.3, 0.4) is 0 Å². The first-order chi connectivity index (χ1) is 9.36. The van der Waals surface area contributed by atoms with Crippen LogP contribution in [0.1, 0.15) is 23.2 Å². The van der Waals surface area contributed by atoms with Gasteiger partial charge in [-0.25, -0.2) is 4.39 Å². The number of carbonyl (C=O) groups is 1. The van der Waals surface area contributed by atoms with Crippen LogP contribution in [0.15, 0.2) is 24.3 Å². The molecule has 1 heterocycles. The number of hydrogen-bond donors (Lipinski definition) is 2. The molecule has 2 unspecified atom stereocenters.